The average molecular weight is 327 g/mol. The molecule has 4 rings (SSSR count). The quantitative estimate of drug-likeness (QED) is 0.700. The third-order valence-electron chi connectivity index (χ3n) is 4.05. The van der Waals surface area contributed by atoms with Crippen molar-refractivity contribution in [2.24, 2.45) is 0 Å². The summed E-state index contributed by atoms with van der Waals surface area (Å²) in [4.78, 5) is 17.2. The van der Waals surface area contributed by atoms with E-state index in [0.717, 1.165) is 18.5 Å². The van der Waals surface area contributed by atoms with Crippen molar-refractivity contribution in [3.63, 3.8) is 0 Å². The standard InChI is InChI=1S/C17H17N3O4/c1-22-8-6-18-16(21)11-9-12(10-4-5-10)19-17-14(11)15(20-24-17)13-3-2-7-23-13/h2-3,7,9-10H,4-6,8H2,1H3,(H,18,21). The molecule has 0 spiro atoms. The monoisotopic (exact) mass is 327 g/mol. The largest absolute Gasteiger partial charge is 0.463 e. The van der Waals surface area contributed by atoms with Crippen LogP contribution >= 0.6 is 0 Å². The second-order valence-corrected chi connectivity index (χ2v) is 5.81. The molecule has 24 heavy (non-hydrogen) atoms. The fourth-order valence-electron chi connectivity index (χ4n) is 2.68. The van der Waals surface area contributed by atoms with Crippen LogP contribution < -0.4 is 5.32 Å². The molecule has 7 heteroatoms. The number of nitrogens with zero attached hydrogens (tertiary/aromatic N) is 2. The summed E-state index contributed by atoms with van der Waals surface area (Å²) in [5.41, 5.74) is 2.23. The van der Waals surface area contributed by atoms with Crippen LogP contribution in [0.5, 0.6) is 0 Å². The number of carbonyl (C=O) groups is 1. The number of ether oxygens (including phenoxy) is 1. The molecule has 1 fully saturated rings. The molecular formula is C17H17N3O4. The molecule has 1 saturated carbocycles. The summed E-state index contributed by atoms with van der Waals surface area (Å²) in [7, 11) is 1.59. The van der Waals surface area contributed by atoms with Crippen molar-refractivity contribution in [2.45, 2.75) is 18.8 Å². The number of methoxy groups -OCH3 is 1. The molecule has 3 aromatic heterocycles. The maximum Gasteiger partial charge on any atom is 0.259 e. The Morgan fingerprint density at radius 3 is 3.04 bits per heavy atom. The van der Waals surface area contributed by atoms with Crippen molar-refractivity contribution >= 4 is 17.0 Å². The molecule has 0 atom stereocenters. The second-order valence-electron chi connectivity index (χ2n) is 5.81. The summed E-state index contributed by atoms with van der Waals surface area (Å²) >= 11 is 0. The second kappa shape index (κ2) is 6.09. The Labute approximate surface area is 138 Å². The van der Waals surface area contributed by atoms with Gasteiger partial charge in [0.05, 0.1) is 23.8 Å². The van der Waals surface area contributed by atoms with E-state index in [1.165, 1.54) is 0 Å². The molecule has 1 N–H and O–H groups in total. The van der Waals surface area contributed by atoms with Gasteiger partial charge in [0, 0.05) is 25.3 Å². The van der Waals surface area contributed by atoms with Crippen LogP contribution in [0.4, 0.5) is 0 Å². The van der Waals surface area contributed by atoms with Gasteiger partial charge in [-0.1, -0.05) is 5.16 Å². The highest BCUT2D eigenvalue weighted by Gasteiger charge is 2.29. The number of pyridine rings is 1. The van der Waals surface area contributed by atoms with Crippen LogP contribution in [0.2, 0.25) is 0 Å². The van der Waals surface area contributed by atoms with Crippen LogP contribution in [-0.4, -0.2) is 36.3 Å². The summed E-state index contributed by atoms with van der Waals surface area (Å²) in [5, 5.41) is 7.48. The van der Waals surface area contributed by atoms with Crippen molar-refractivity contribution in [2.75, 3.05) is 20.3 Å². The van der Waals surface area contributed by atoms with Crippen molar-refractivity contribution in [3.8, 4) is 11.5 Å². The Balaban J connectivity index is 1.81. The van der Waals surface area contributed by atoms with Gasteiger partial charge in [0.15, 0.2) is 11.5 Å². The zero-order valence-electron chi connectivity index (χ0n) is 13.2. The van der Waals surface area contributed by atoms with Crippen LogP contribution in [0.3, 0.4) is 0 Å². The fourth-order valence-corrected chi connectivity index (χ4v) is 2.68. The van der Waals surface area contributed by atoms with E-state index < -0.39 is 0 Å². The normalized spacial score (nSPS) is 14.2. The molecule has 0 unspecified atom stereocenters. The first-order chi connectivity index (χ1) is 11.8. The zero-order valence-corrected chi connectivity index (χ0v) is 13.2. The zero-order chi connectivity index (χ0) is 16.5. The molecular weight excluding hydrogens is 310 g/mol. The van der Waals surface area contributed by atoms with Crippen LogP contribution in [0.15, 0.2) is 33.4 Å². The Morgan fingerprint density at radius 2 is 2.33 bits per heavy atom. The first-order valence-electron chi connectivity index (χ1n) is 7.89. The third kappa shape index (κ3) is 2.67. The van der Waals surface area contributed by atoms with Gasteiger partial charge in [-0.15, -0.1) is 0 Å². The Hall–Kier alpha value is -2.67. The predicted octanol–water partition coefficient (Wildman–Crippen LogP) is 2.74. The van der Waals surface area contributed by atoms with E-state index in [1.807, 2.05) is 6.07 Å². The minimum absolute atomic E-state index is 0.197. The highest BCUT2D eigenvalue weighted by atomic mass is 16.5. The number of fused-ring (bicyclic) bond motifs is 1. The van der Waals surface area contributed by atoms with Crippen molar-refractivity contribution in [3.05, 3.63) is 35.7 Å². The molecule has 3 heterocycles. The summed E-state index contributed by atoms with van der Waals surface area (Å²) in [6.07, 6.45) is 3.73. The minimum Gasteiger partial charge on any atom is -0.463 e. The van der Waals surface area contributed by atoms with E-state index in [0.29, 0.717) is 47.2 Å². The number of furan rings is 1. The third-order valence-corrected chi connectivity index (χ3v) is 4.05. The molecule has 7 nitrogen and oxygen atoms in total. The van der Waals surface area contributed by atoms with Crippen LogP contribution in [0, 0.1) is 0 Å². The lowest BCUT2D eigenvalue weighted by atomic mass is 10.1. The smallest absolute Gasteiger partial charge is 0.259 e. The molecule has 1 aliphatic carbocycles. The van der Waals surface area contributed by atoms with Crippen LogP contribution in [-0.2, 0) is 4.74 Å². The molecule has 3 aromatic rings. The number of nitrogens with one attached hydrogen (secondary N) is 1. The predicted molar refractivity (Wildman–Crippen MR) is 85.7 cm³/mol. The first kappa shape index (κ1) is 14.9. The van der Waals surface area contributed by atoms with E-state index in [1.54, 1.807) is 25.5 Å². The molecule has 124 valence electrons. The highest BCUT2D eigenvalue weighted by Crippen LogP contribution is 2.41. The maximum absolute atomic E-state index is 12.7. The summed E-state index contributed by atoms with van der Waals surface area (Å²) in [6.45, 7) is 0.878. The molecule has 0 aromatic carbocycles. The van der Waals surface area contributed by atoms with Crippen molar-refractivity contribution in [1.82, 2.24) is 15.5 Å². The maximum atomic E-state index is 12.7. The lowest BCUT2D eigenvalue weighted by molar-refractivity contribution is 0.0938. The van der Waals surface area contributed by atoms with Gasteiger partial charge in [-0.25, -0.2) is 4.98 Å². The van der Waals surface area contributed by atoms with E-state index >= 15 is 0 Å². The SMILES string of the molecule is COCCNC(=O)c1cc(C2CC2)nc2onc(-c3ccco3)c12. The van der Waals surface area contributed by atoms with E-state index in [9.17, 15) is 4.79 Å². The lowest BCUT2D eigenvalue weighted by Crippen LogP contribution is -2.27. The number of hydrogen-bond acceptors (Lipinski definition) is 6. The van der Waals surface area contributed by atoms with Gasteiger partial charge in [-0.05, 0) is 31.0 Å². The molecule has 0 bridgehead atoms. The average Bonchev–Trinajstić information content (AvgIpc) is 3.13. The van der Waals surface area contributed by atoms with E-state index in [2.05, 4.69) is 15.5 Å². The van der Waals surface area contributed by atoms with Gasteiger partial charge in [0.1, 0.15) is 0 Å². The molecule has 0 radical (unpaired) electrons. The molecule has 0 saturated heterocycles. The minimum atomic E-state index is -0.197. The first-order valence-corrected chi connectivity index (χ1v) is 7.89. The van der Waals surface area contributed by atoms with Crippen molar-refractivity contribution in [1.29, 1.82) is 0 Å². The Morgan fingerprint density at radius 1 is 1.46 bits per heavy atom. The van der Waals surface area contributed by atoms with Gasteiger partial charge in [-0.3, -0.25) is 4.79 Å². The lowest BCUT2D eigenvalue weighted by Gasteiger charge is -2.07. The summed E-state index contributed by atoms with van der Waals surface area (Å²) in [6, 6.07) is 5.38. The number of carbonyl (C=O) groups excluding carboxylic acids is 1. The summed E-state index contributed by atoms with van der Waals surface area (Å²) in [5.74, 6) is 0.745. The van der Waals surface area contributed by atoms with Crippen LogP contribution in [0.1, 0.15) is 34.8 Å². The topological polar surface area (TPSA) is 90.4 Å². The fraction of sp³-hybridized carbons (Fsp3) is 0.353. The molecule has 1 amide bonds. The Bertz CT molecular complexity index is 865. The number of aromatic nitrogens is 2. The van der Waals surface area contributed by atoms with Gasteiger partial charge >= 0.3 is 0 Å². The van der Waals surface area contributed by atoms with Crippen molar-refractivity contribution < 1.29 is 18.5 Å². The van der Waals surface area contributed by atoms with Crippen LogP contribution in [0.25, 0.3) is 22.6 Å². The van der Waals surface area contributed by atoms with Gasteiger partial charge in [0.25, 0.3) is 11.6 Å². The highest BCUT2D eigenvalue weighted by molar-refractivity contribution is 6.09. The van der Waals surface area contributed by atoms with E-state index in [-0.39, 0.29) is 5.91 Å². The van der Waals surface area contributed by atoms with E-state index in [4.69, 9.17) is 13.7 Å². The van der Waals surface area contributed by atoms with Gasteiger partial charge in [-0.2, -0.15) is 0 Å². The van der Waals surface area contributed by atoms with Gasteiger partial charge < -0.3 is 19.0 Å². The summed E-state index contributed by atoms with van der Waals surface area (Å²) < 4.78 is 15.8. The number of rotatable bonds is 6. The molecule has 0 aliphatic heterocycles. The Kier molecular flexibility index (Phi) is 3.78. The number of amides is 1. The number of hydrogen-bond donors (Lipinski definition) is 1. The van der Waals surface area contributed by atoms with Gasteiger partial charge in [0.2, 0.25) is 0 Å². The molecule has 1 aliphatic rings.